The van der Waals surface area contributed by atoms with Crippen molar-refractivity contribution in [3.63, 3.8) is 0 Å². The number of pyridine rings is 1. The number of hydrogen-bond donors (Lipinski definition) is 4. The number of aromatic nitrogens is 1. The SMILES string of the molecule is CC[C@@H](Nc1c(C#N)cnc2c(Cl)cc(N[C@H](C3=CN(C4(C#N)CC4)NN3)c3ccccc3Cl)cc12)c1ccccc1. The van der Waals surface area contributed by atoms with Crippen LogP contribution in [0.2, 0.25) is 10.0 Å². The molecule has 3 aromatic carbocycles. The molecule has 0 bridgehead atoms. The zero-order chi connectivity index (χ0) is 29.3. The fraction of sp³-hybridized carbons (Fsp3) is 0.219. The van der Waals surface area contributed by atoms with Crippen LogP contribution in [-0.2, 0) is 0 Å². The van der Waals surface area contributed by atoms with Crippen molar-refractivity contribution in [1.82, 2.24) is 21.0 Å². The minimum atomic E-state index is -0.555. The Bertz CT molecular complexity index is 1750. The number of benzene rings is 3. The molecular weight excluding hydrogens is 567 g/mol. The molecule has 0 amide bonds. The van der Waals surface area contributed by atoms with Crippen molar-refractivity contribution in [3.05, 3.63) is 112 Å². The lowest BCUT2D eigenvalue weighted by Crippen LogP contribution is -2.44. The first-order chi connectivity index (χ1) is 20.5. The molecule has 4 aromatic rings. The highest BCUT2D eigenvalue weighted by Gasteiger charge is 2.50. The van der Waals surface area contributed by atoms with E-state index in [1.54, 1.807) is 6.20 Å². The Morgan fingerprint density at radius 2 is 1.79 bits per heavy atom. The van der Waals surface area contributed by atoms with E-state index < -0.39 is 11.6 Å². The molecule has 0 radical (unpaired) electrons. The lowest BCUT2D eigenvalue weighted by atomic mass is 10.0. The predicted molar refractivity (Wildman–Crippen MR) is 166 cm³/mol. The fourth-order valence-electron chi connectivity index (χ4n) is 5.29. The second kappa shape index (κ2) is 11.4. The van der Waals surface area contributed by atoms with Gasteiger partial charge in [-0.3, -0.25) is 9.99 Å². The fourth-order valence-corrected chi connectivity index (χ4v) is 5.81. The van der Waals surface area contributed by atoms with Gasteiger partial charge in [0.2, 0.25) is 0 Å². The van der Waals surface area contributed by atoms with E-state index in [0.29, 0.717) is 32.5 Å². The molecule has 2 heterocycles. The molecule has 10 heteroatoms. The van der Waals surface area contributed by atoms with Crippen LogP contribution in [0, 0.1) is 22.7 Å². The van der Waals surface area contributed by atoms with Crippen molar-refractivity contribution < 1.29 is 0 Å². The van der Waals surface area contributed by atoms with Crippen LogP contribution < -0.4 is 21.6 Å². The van der Waals surface area contributed by atoms with Crippen molar-refractivity contribution in [1.29, 1.82) is 10.5 Å². The van der Waals surface area contributed by atoms with E-state index in [9.17, 15) is 10.5 Å². The number of hydrazine groups is 2. The Balaban J connectivity index is 1.42. The van der Waals surface area contributed by atoms with Crippen molar-refractivity contribution in [2.24, 2.45) is 0 Å². The molecule has 1 aliphatic carbocycles. The number of fused-ring (bicyclic) bond motifs is 1. The normalized spacial score (nSPS) is 16.5. The summed E-state index contributed by atoms with van der Waals surface area (Å²) in [6.45, 7) is 2.10. The number of nitrogens with one attached hydrogen (secondary N) is 4. The highest BCUT2D eigenvalue weighted by molar-refractivity contribution is 6.36. The van der Waals surface area contributed by atoms with E-state index in [4.69, 9.17) is 23.2 Å². The van der Waals surface area contributed by atoms with Gasteiger partial charge in [-0.1, -0.05) is 78.7 Å². The number of hydrogen-bond acceptors (Lipinski definition) is 8. The van der Waals surface area contributed by atoms with Crippen molar-refractivity contribution in [2.45, 2.75) is 43.8 Å². The number of rotatable bonds is 9. The van der Waals surface area contributed by atoms with Gasteiger partial charge in [-0.25, -0.2) is 0 Å². The summed E-state index contributed by atoms with van der Waals surface area (Å²) in [6.07, 6.45) is 5.86. The molecule has 1 saturated carbocycles. The van der Waals surface area contributed by atoms with Crippen LogP contribution in [0.25, 0.3) is 10.9 Å². The number of anilines is 2. The Morgan fingerprint density at radius 3 is 2.48 bits per heavy atom. The summed E-state index contributed by atoms with van der Waals surface area (Å²) in [6, 6.07) is 25.8. The van der Waals surface area contributed by atoms with Gasteiger partial charge in [0.25, 0.3) is 0 Å². The maximum atomic E-state index is 10.0. The molecule has 1 fully saturated rings. The predicted octanol–water partition coefficient (Wildman–Crippen LogP) is 7.35. The monoisotopic (exact) mass is 594 g/mol. The number of nitrogens with zero attached hydrogens (tertiary/aromatic N) is 4. The van der Waals surface area contributed by atoms with Crippen molar-refractivity contribution >= 4 is 45.5 Å². The standard InChI is InChI=1S/C32H28Cl2N8/c1-2-27(20-8-4-3-5-9-20)39-29-21(16-35)17-37-30-24(29)14-22(15-26(30)34)38-31(23-10-6-7-11-25(23)33)28-18-42(41-40-28)32(19-36)12-13-32/h3-11,14-15,17-18,27,31,38,40-41H,2,12-13H2,1H3,(H,37,39)/t27-,31+/m1/s1. The average molecular weight is 596 g/mol. The Labute approximate surface area is 254 Å². The number of nitriles is 2. The van der Waals surface area contributed by atoms with E-state index in [1.165, 1.54) is 0 Å². The van der Waals surface area contributed by atoms with Crippen LogP contribution in [0.3, 0.4) is 0 Å². The van der Waals surface area contributed by atoms with Crippen molar-refractivity contribution in [3.8, 4) is 12.1 Å². The van der Waals surface area contributed by atoms with E-state index in [2.05, 4.69) is 57.8 Å². The molecule has 0 saturated heterocycles. The summed E-state index contributed by atoms with van der Waals surface area (Å²) >= 11 is 13.5. The summed E-state index contributed by atoms with van der Waals surface area (Å²) in [5, 5.41) is 30.5. The van der Waals surface area contributed by atoms with Crippen LogP contribution in [0.5, 0.6) is 0 Å². The summed E-state index contributed by atoms with van der Waals surface area (Å²) < 4.78 is 0. The molecule has 1 aromatic heterocycles. The first-order valence-electron chi connectivity index (χ1n) is 13.7. The summed E-state index contributed by atoms with van der Waals surface area (Å²) in [5.41, 5.74) is 11.0. The van der Waals surface area contributed by atoms with E-state index in [1.807, 2.05) is 65.8 Å². The highest BCUT2D eigenvalue weighted by atomic mass is 35.5. The van der Waals surface area contributed by atoms with Gasteiger partial charge in [-0.15, -0.1) is 5.53 Å². The third kappa shape index (κ3) is 5.17. The Kier molecular flexibility index (Phi) is 7.53. The molecule has 1 aliphatic heterocycles. The molecule has 2 atom stereocenters. The molecule has 4 N–H and O–H groups in total. The largest absolute Gasteiger partial charge is 0.377 e. The molecule has 0 spiro atoms. The van der Waals surface area contributed by atoms with Gasteiger partial charge in [0, 0.05) is 28.5 Å². The van der Waals surface area contributed by atoms with Crippen LogP contribution in [0.15, 0.2) is 84.8 Å². The van der Waals surface area contributed by atoms with Crippen LogP contribution >= 0.6 is 23.2 Å². The smallest absolute Gasteiger partial charge is 0.143 e. The Hall–Kier alpha value is -4.47. The van der Waals surface area contributed by atoms with E-state index >= 15 is 0 Å². The minimum Gasteiger partial charge on any atom is -0.377 e. The van der Waals surface area contributed by atoms with Crippen LogP contribution in [-0.4, -0.2) is 15.5 Å². The van der Waals surface area contributed by atoms with Gasteiger partial charge in [0.05, 0.1) is 45.6 Å². The highest BCUT2D eigenvalue weighted by Crippen LogP contribution is 2.43. The quantitative estimate of drug-likeness (QED) is 0.159. The van der Waals surface area contributed by atoms with Gasteiger partial charge in [0.1, 0.15) is 11.6 Å². The van der Waals surface area contributed by atoms with Gasteiger partial charge in [-0.2, -0.15) is 10.5 Å². The third-order valence-electron chi connectivity index (χ3n) is 7.79. The molecule has 8 nitrogen and oxygen atoms in total. The Morgan fingerprint density at radius 1 is 1.02 bits per heavy atom. The maximum absolute atomic E-state index is 10.0. The summed E-state index contributed by atoms with van der Waals surface area (Å²) in [7, 11) is 0. The summed E-state index contributed by atoms with van der Waals surface area (Å²) in [5.74, 6) is 0. The molecule has 2 aliphatic rings. The first kappa shape index (κ1) is 27.7. The maximum Gasteiger partial charge on any atom is 0.143 e. The topological polar surface area (TPSA) is 112 Å². The lowest BCUT2D eigenvalue weighted by molar-refractivity contribution is 0.217. The van der Waals surface area contributed by atoms with E-state index in [0.717, 1.165) is 41.5 Å². The first-order valence-corrected chi connectivity index (χ1v) is 14.5. The summed E-state index contributed by atoms with van der Waals surface area (Å²) in [4.78, 5) is 4.53. The lowest BCUT2D eigenvalue weighted by Gasteiger charge is -2.24. The minimum absolute atomic E-state index is 0.0186. The zero-order valence-corrected chi connectivity index (χ0v) is 24.3. The second-order valence-corrected chi connectivity index (χ2v) is 11.3. The molecule has 42 heavy (non-hydrogen) atoms. The van der Waals surface area contributed by atoms with Crippen LogP contribution in [0.4, 0.5) is 11.4 Å². The van der Waals surface area contributed by atoms with Gasteiger partial charge >= 0.3 is 0 Å². The van der Waals surface area contributed by atoms with Crippen molar-refractivity contribution in [2.75, 3.05) is 10.6 Å². The van der Waals surface area contributed by atoms with Crippen LogP contribution in [0.1, 0.15) is 55.0 Å². The number of halogens is 2. The van der Waals surface area contributed by atoms with E-state index in [-0.39, 0.29) is 6.04 Å². The third-order valence-corrected chi connectivity index (χ3v) is 8.43. The van der Waals surface area contributed by atoms with Gasteiger partial charge in [-0.05, 0) is 48.6 Å². The second-order valence-electron chi connectivity index (χ2n) is 10.5. The average Bonchev–Trinajstić information content (AvgIpc) is 3.67. The van der Waals surface area contributed by atoms with Gasteiger partial charge in [0.15, 0.2) is 0 Å². The molecule has 0 unspecified atom stereocenters. The van der Waals surface area contributed by atoms with Gasteiger partial charge < -0.3 is 16.1 Å². The zero-order valence-electron chi connectivity index (χ0n) is 22.8. The molecule has 210 valence electrons. The molecule has 6 rings (SSSR count). The molecular formula is C32H28Cl2N8.